The van der Waals surface area contributed by atoms with E-state index in [-0.39, 0.29) is 6.04 Å². The van der Waals surface area contributed by atoms with Gasteiger partial charge in [0.15, 0.2) is 5.13 Å². The van der Waals surface area contributed by atoms with Crippen LogP contribution in [0.15, 0.2) is 24.3 Å². The summed E-state index contributed by atoms with van der Waals surface area (Å²) in [4.78, 5) is 8.23. The summed E-state index contributed by atoms with van der Waals surface area (Å²) in [7, 11) is 2.08. The molecule has 1 aromatic carbocycles. The van der Waals surface area contributed by atoms with E-state index in [1.165, 1.54) is 21.8 Å². The normalized spacial score (nSPS) is 18.2. The molecular formula is C15H19N3S. The molecule has 0 saturated carbocycles. The van der Waals surface area contributed by atoms with Gasteiger partial charge in [0.1, 0.15) is 0 Å². The van der Waals surface area contributed by atoms with Gasteiger partial charge in [-0.1, -0.05) is 29.5 Å². The summed E-state index contributed by atoms with van der Waals surface area (Å²) in [6.07, 6.45) is 3.31. The van der Waals surface area contributed by atoms with E-state index < -0.39 is 0 Å². The lowest BCUT2D eigenvalue weighted by molar-refractivity contribution is 0.573. The van der Waals surface area contributed by atoms with Gasteiger partial charge in [0.2, 0.25) is 0 Å². The van der Waals surface area contributed by atoms with Gasteiger partial charge in [-0.25, -0.2) is 4.98 Å². The Kier molecular flexibility index (Phi) is 3.29. The van der Waals surface area contributed by atoms with Gasteiger partial charge in [-0.05, 0) is 37.8 Å². The first-order valence-electron chi connectivity index (χ1n) is 6.71. The average molecular weight is 273 g/mol. The van der Waals surface area contributed by atoms with Gasteiger partial charge in [-0.3, -0.25) is 0 Å². The van der Waals surface area contributed by atoms with E-state index >= 15 is 0 Å². The third-order valence-electron chi connectivity index (χ3n) is 3.75. The molecule has 0 bridgehead atoms. The summed E-state index contributed by atoms with van der Waals surface area (Å²) in [6, 6.07) is 8.58. The molecule has 0 saturated heterocycles. The second-order valence-corrected chi connectivity index (χ2v) is 6.16. The molecule has 0 radical (unpaired) electrons. The topological polar surface area (TPSA) is 42.2 Å². The highest BCUT2D eigenvalue weighted by Gasteiger charge is 2.23. The third kappa shape index (κ3) is 2.26. The van der Waals surface area contributed by atoms with Crippen molar-refractivity contribution in [2.75, 3.05) is 11.9 Å². The molecule has 2 aromatic rings. The van der Waals surface area contributed by atoms with E-state index in [2.05, 4.69) is 43.1 Å². The Morgan fingerprint density at radius 3 is 2.89 bits per heavy atom. The molecule has 0 fully saturated rings. The first-order chi connectivity index (χ1) is 9.16. The SMILES string of the molecule is Cc1ccccc1N(C)c1nc2c(s1)C(N)CCC2. The monoisotopic (exact) mass is 273 g/mol. The number of rotatable bonds is 2. The van der Waals surface area contributed by atoms with Gasteiger partial charge in [0, 0.05) is 23.7 Å². The number of aromatic nitrogens is 1. The summed E-state index contributed by atoms with van der Waals surface area (Å²) in [5, 5.41) is 1.05. The predicted molar refractivity (Wildman–Crippen MR) is 81.2 cm³/mol. The summed E-state index contributed by atoms with van der Waals surface area (Å²) < 4.78 is 0. The lowest BCUT2D eigenvalue weighted by Gasteiger charge is -2.18. The van der Waals surface area contributed by atoms with Crippen molar-refractivity contribution in [2.45, 2.75) is 32.2 Å². The Labute approximate surface area is 118 Å². The Hall–Kier alpha value is -1.39. The molecule has 3 nitrogen and oxygen atoms in total. The van der Waals surface area contributed by atoms with E-state index in [1.807, 2.05) is 0 Å². The highest BCUT2D eigenvalue weighted by atomic mass is 32.1. The van der Waals surface area contributed by atoms with Gasteiger partial charge in [-0.15, -0.1) is 0 Å². The van der Waals surface area contributed by atoms with Crippen LogP contribution in [0.2, 0.25) is 0 Å². The molecule has 1 aliphatic carbocycles. The molecule has 3 rings (SSSR count). The Morgan fingerprint density at radius 2 is 2.16 bits per heavy atom. The fraction of sp³-hybridized carbons (Fsp3) is 0.400. The first-order valence-corrected chi connectivity index (χ1v) is 7.53. The van der Waals surface area contributed by atoms with Crippen molar-refractivity contribution in [3.63, 3.8) is 0 Å². The molecule has 1 aromatic heterocycles. The van der Waals surface area contributed by atoms with Crippen LogP contribution in [-0.2, 0) is 6.42 Å². The van der Waals surface area contributed by atoms with Gasteiger partial charge in [0.25, 0.3) is 0 Å². The number of thiazole rings is 1. The maximum Gasteiger partial charge on any atom is 0.190 e. The highest BCUT2D eigenvalue weighted by Crippen LogP contribution is 2.38. The molecule has 0 spiro atoms. The van der Waals surface area contributed by atoms with Crippen LogP contribution in [-0.4, -0.2) is 12.0 Å². The largest absolute Gasteiger partial charge is 0.323 e. The fourth-order valence-electron chi connectivity index (χ4n) is 2.63. The van der Waals surface area contributed by atoms with Gasteiger partial charge in [-0.2, -0.15) is 0 Å². The van der Waals surface area contributed by atoms with Crippen LogP contribution in [0.5, 0.6) is 0 Å². The maximum absolute atomic E-state index is 6.18. The lowest BCUT2D eigenvalue weighted by atomic mass is 9.99. The van der Waals surface area contributed by atoms with Crippen molar-refractivity contribution in [1.82, 2.24) is 4.98 Å². The molecule has 0 aliphatic heterocycles. The zero-order valence-corrected chi connectivity index (χ0v) is 12.2. The standard InChI is InChI=1S/C15H19N3S/c1-10-6-3-4-9-13(10)18(2)15-17-12-8-5-7-11(16)14(12)19-15/h3-4,6,9,11H,5,7-8,16H2,1-2H3. The van der Waals surface area contributed by atoms with Crippen LogP contribution >= 0.6 is 11.3 Å². The number of hydrogen-bond acceptors (Lipinski definition) is 4. The number of hydrogen-bond donors (Lipinski definition) is 1. The minimum Gasteiger partial charge on any atom is -0.323 e. The number of benzene rings is 1. The molecule has 100 valence electrons. The van der Waals surface area contributed by atoms with Crippen molar-refractivity contribution in [1.29, 1.82) is 0 Å². The van der Waals surface area contributed by atoms with Gasteiger partial charge in [0.05, 0.1) is 5.69 Å². The number of para-hydroxylation sites is 1. The van der Waals surface area contributed by atoms with E-state index in [0.29, 0.717) is 0 Å². The predicted octanol–water partition coefficient (Wildman–Crippen LogP) is 3.56. The number of nitrogens with two attached hydrogens (primary N) is 1. The molecule has 1 heterocycles. The fourth-order valence-corrected chi connectivity index (χ4v) is 3.75. The van der Waals surface area contributed by atoms with Crippen molar-refractivity contribution in [3.8, 4) is 0 Å². The number of fused-ring (bicyclic) bond motifs is 1. The molecule has 1 unspecified atom stereocenters. The van der Waals surface area contributed by atoms with Crippen molar-refractivity contribution in [3.05, 3.63) is 40.4 Å². The van der Waals surface area contributed by atoms with E-state index in [0.717, 1.165) is 24.4 Å². The zero-order chi connectivity index (χ0) is 13.4. The Balaban J connectivity index is 1.97. The van der Waals surface area contributed by atoms with E-state index in [4.69, 9.17) is 10.7 Å². The van der Waals surface area contributed by atoms with Crippen LogP contribution < -0.4 is 10.6 Å². The summed E-state index contributed by atoms with van der Waals surface area (Å²) >= 11 is 1.74. The van der Waals surface area contributed by atoms with E-state index in [9.17, 15) is 0 Å². The van der Waals surface area contributed by atoms with Crippen molar-refractivity contribution >= 4 is 22.2 Å². The second kappa shape index (κ2) is 4.94. The molecule has 0 amide bonds. The Bertz CT molecular complexity index is 591. The summed E-state index contributed by atoms with van der Waals surface area (Å²) in [5.74, 6) is 0. The number of nitrogens with zero attached hydrogens (tertiary/aromatic N) is 2. The van der Waals surface area contributed by atoms with Crippen molar-refractivity contribution < 1.29 is 0 Å². The molecular weight excluding hydrogens is 254 g/mol. The first kappa shape index (κ1) is 12.6. The zero-order valence-electron chi connectivity index (χ0n) is 11.4. The van der Waals surface area contributed by atoms with E-state index in [1.54, 1.807) is 11.3 Å². The molecule has 2 N–H and O–H groups in total. The minimum absolute atomic E-state index is 0.181. The Morgan fingerprint density at radius 1 is 1.37 bits per heavy atom. The van der Waals surface area contributed by atoms with Gasteiger partial charge >= 0.3 is 0 Å². The molecule has 4 heteroatoms. The van der Waals surface area contributed by atoms with Crippen LogP contribution in [0.1, 0.15) is 35.0 Å². The van der Waals surface area contributed by atoms with Crippen molar-refractivity contribution in [2.24, 2.45) is 5.73 Å². The second-order valence-electron chi connectivity index (χ2n) is 5.15. The summed E-state index contributed by atoms with van der Waals surface area (Å²) in [5.41, 5.74) is 9.86. The van der Waals surface area contributed by atoms with Crippen LogP contribution in [0.4, 0.5) is 10.8 Å². The lowest BCUT2D eigenvalue weighted by Crippen LogP contribution is -2.15. The summed E-state index contributed by atoms with van der Waals surface area (Å²) in [6.45, 7) is 2.13. The van der Waals surface area contributed by atoms with Gasteiger partial charge < -0.3 is 10.6 Å². The maximum atomic E-state index is 6.18. The smallest absolute Gasteiger partial charge is 0.190 e. The molecule has 1 atom stereocenters. The molecule has 19 heavy (non-hydrogen) atoms. The number of anilines is 2. The quantitative estimate of drug-likeness (QED) is 0.909. The highest BCUT2D eigenvalue weighted by molar-refractivity contribution is 7.15. The number of aryl methyl sites for hydroxylation is 2. The molecule has 1 aliphatic rings. The third-order valence-corrected chi connectivity index (χ3v) is 5.05. The van der Waals surface area contributed by atoms with Crippen LogP contribution in [0.3, 0.4) is 0 Å². The minimum atomic E-state index is 0.181. The van der Waals surface area contributed by atoms with Crippen LogP contribution in [0.25, 0.3) is 0 Å². The average Bonchev–Trinajstić information content (AvgIpc) is 2.84. The van der Waals surface area contributed by atoms with Crippen LogP contribution in [0, 0.1) is 6.92 Å².